The summed E-state index contributed by atoms with van der Waals surface area (Å²) in [6, 6.07) is 7.99. The third-order valence-electron chi connectivity index (χ3n) is 3.32. The first-order valence-electron chi connectivity index (χ1n) is 6.63. The van der Waals surface area contributed by atoms with Gasteiger partial charge in [-0.15, -0.1) is 0 Å². The van der Waals surface area contributed by atoms with Crippen LogP contribution in [0.15, 0.2) is 24.3 Å². The van der Waals surface area contributed by atoms with E-state index in [2.05, 4.69) is 6.07 Å². The van der Waals surface area contributed by atoms with Gasteiger partial charge in [0.2, 0.25) is 0 Å². The van der Waals surface area contributed by atoms with E-state index >= 15 is 0 Å². The zero-order valence-corrected chi connectivity index (χ0v) is 11.0. The Morgan fingerprint density at radius 1 is 1.39 bits per heavy atom. The lowest BCUT2D eigenvalue weighted by Gasteiger charge is -2.15. The van der Waals surface area contributed by atoms with Crippen molar-refractivity contribution in [2.24, 2.45) is 11.8 Å². The van der Waals surface area contributed by atoms with Gasteiger partial charge in [0, 0.05) is 19.1 Å². The Bertz CT molecular complexity index is 361. The van der Waals surface area contributed by atoms with Crippen LogP contribution < -0.4 is 4.74 Å². The van der Waals surface area contributed by atoms with Gasteiger partial charge in [-0.05, 0) is 42.9 Å². The molecule has 0 aromatic heterocycles. The highest BCUT2D eigenvalue weighted by molar-refractivity contribution is 5.28. The maximum Gasteiger partial charge on any atom is 0.119 e. The van der Waals surface area contributed by atoms with Crippen molar-refractivity contribution in [1.82, 2.24) is 0 Å². The predicted molar refractivity (Wildman–Crippen MR) is 70.8 cm³/mol. The second-order valence-corrected chi connectivity index (χ2v) is 5.09. The topological polar surface area (TPSA) is 38.7 Å². The van der Waals surface area contributed by atoms with E-state index < -0.39 is 0 Å². The second kappa shape index (κ2) is 6.76. The smallest absolute Gasteiger partial charge is 0.119 e. The van der Waals surface area contributed by atoms with E-state index in [1.807, 2.05) is 18.2 Å². The summed E-state index contributed by atoms with van der Waals surface area (Å²) in [5.74, 6) is 1.82. The molecule has 1 aliphatic rings. The fraction of sp³-hybridized carbons (Fsp3) is 0.600. The first-order valence-corrected chi connectivity index (χ1v) is 6.63. The molecule has 0 amide bonds. The van der Waals surface area contributed by atoms with Crippen molar-refractivity contribution in [3.05, 3.63) is 29.8 Å². The monoisotopic (exact) mass is 250 g/mol. The summed E-state index contributed by atoms with van der Waals surface area (Å²) in [7, 11) is 1.67. The molecule has 18 heavy (non-hydrogen) atoms. The van der Waals surface area contributed by atoms with Crippen molar-refractivity contribution in [3.63, 3.8) is 0 Å². The maximum absolute atomic E-state index is 9.38. The summed E-state index contributed by atoms with van der Waals surface area (Å²) in [6.07, 6.45) is 3.44. The van der Waals surface area contributed by atoms with Crippen molar-refractivity contribution >= 4 is 0 Å². The van der Waals surface area contributed by atoms with E-state index in [-0.39, 0.29) is 12.5 Å². The molecule has 1 atom stereocenters. The molecule has 1 unspecified atom stereocenters. The van der Waals surface area contributed by atoms with Gasteiger partial charge in [-0.25, -0.2) is 0 Å². The zero-order chi connectivity index (χ0) is 12.8. The molecule has 1 aromatic carbocycles. The van der Waals surface area contributed by atoms with Crippen molar-refractivity contribution in [2.45, 2.75) is 19.3 Å². The maximum atomic E-state index is 9.38. The summed E-state index contributed by atoms with van der Waals surface area (Å²) < 4.78 is 10.8. The molecule has 0 bridgehead atoms. The van der Waals surface area contributed by atoms with E-state index in [1.54, 1.807) is 7.11 Å². The van der Waals surface area contributed by atoms with E-state index in [1.165, 1.54) is 18.4 Å². The Morgan fingerprint density at radius 3 is 2.89 bits per heavy atom. The summed E-state index contributed by atoms with van der Waals surface area (Å²) >= 11 is 0. The highest BCUT2D eigenvalue weighted by Gasteiger charge is 2.21. The molecule has 3 nitrogen and oxygen atoms in total. The Labute approximate surface area is 109 Å². The minimum absolute atomic E-state index is 0.169. The van der Waals surface area contributed by atoms with Crippen LogP contribution in [0.5, 0.6) is 5.75 Å². The minimum Gasteiger partial charge on any atom is -0.497 e. The number of hydrogen-bond donors (Lipinski definition) is 1. The zero-order valence-electron chi connectivity index (χ0n) is 11.0. The molecule has 0 spiro atoms. The van der Waals surface area contributed by atoms with E-state index in [9.17, 15) is 5.11 Å². The molecule has 1 fully saturated rings. The standard InChI is InChI=1S/C15H22O3/c1-17-15-4-2-3-13(8-15)7-14(9-16)11-18-10-12-5-6-12/h2-4,8,12,14,16H,5-7,9-11H2,1H3. The van der Waals surface area contributed by atoms with Gasteiger partial charge >= 0.3 is 0 Å². The van der Waals surface area contributed by atoms with Crippen LogP contribution in [0.25, 0.3) is 0 Å². The normalized spacial score (nSPS) is 16.6. The largest absolute Gasteiger partial charge is 0.497 e. The molecule has 1 N–H and O–H groups in total. The van der Waals surface area contributed by atoms with Crippen LogP contribution in [-0.2, 0) is 11.2 Å². The van der Waals surface area contributed by atoms with Gasteiger partial charge in [-0.3, -0.25) is 0 Å². The third-order valence-corrected chi connectivity index (χ3v) is 3.32. The average molecular weight is 250 g/mol. The van der Waals surface area contributed by atoms with Gasteiger partial charge in [0.1, 0.15) is 5.75 Å². The van der Waals surface area contributed by atoms with Gasteiger partial charge in [0.25, 0.3) is 0 Å². The molecule has 0 heterocycles. The van der Waals surface area contributed by atoms with Crippen LogP contribution in [0.3, 0.4) is 0 Å². The van der Waals surface area contributed by atoms with Crippen molar-refractivity contribution in [2.75, 3.05) is 26.9 Å². The fourth-order valence-corrected chi connectivity index (χ4v) is 1.99. The van der Waals surface area contributed by atoms with Gasteiger partial charge in [-0.2, -0.15) is 0 Å². The molecule has 0 radical (unpaired) electrons. The predicted octanol–water partition coefficient (Wildman–Crippen LogP) is 2.27. The van der Waals surface area contributed by atoms with Crippen LogP contribution in [0.1, 0.15) is 18.4 Å². The second-order valence-electron chi connectivity index (χ2n) is 5.09. The molecule has 1 aliphatic carbocycles. The Morgan fingerprint density at radius 2 is 2.22 bits per heavy atom. The SMILES string of the molecule is COc1cccc(CC(CO)COCC2CC2)c1. The lowest BCUT2D eigenvalue weighted by Crippen LogP contribution is -2.17. The summed E-state index contributed by atoms with van der Waals surface area (Å²) in [4.78, 5) is 0. The average Bonchev–Trinajstić information content (AvgIpc) is 3.22. The number of aliphatic hydroxyl groups excluding tert-OH is 1. The van der Waals surface area contributed by atoms with Crippen LogP contribution >= 0.6 is 0 Å². The van der Waals surface area contributed by atoms with Crippen molar-refractivity contribution in [3.8, 4) is 5.75 Å². The molecule has 1 aromatic rings. The molecule has 100 valence electrons. The molecular weight excluding hydrogens is 228 g/mol. The lowest BCUT2D eigenvalue weighted by molar-refractivity contribution is 0.0669. The van der Waals surface area contributed by atoms with Gasteiger partial charge in [-0.1, -0.05) is 12.1 Å². The first-order chi connectivity index (χ1) is 8.81. The van der Waals surface area contributed by atoms with Crippen LogP contribution in [0.4, 0.5) is 0 Å². The van der Waals surface area contributed by atoms with Gasteiger partial charge in [0.15, 0.2) is 0 Å². The number of benzene rings is 1. The Balaban J connectivity index is 1.79. The summed E-state index contributed by atoms with van der Waals surface area (Å²) in [6.45, 7) is 1.67. The van der Waals surface area contributed by atoms with Crippen LogP contribution in [0, 0.1) is 11.8 Å². The highest BCUT2D eigenvalue weighted by Crippen LogP contribution is 2.29. The number of ether oxygens (including phenoxy) is 2. The Hall–Kier alpha value is -1.06. The van der Waals surface area contributed by atoms with Crippen molar-refractivity contribution < 1.29 is 14.6 Å². The van der Waals surface area contributed by atoms with Crippen LogP contribution in [-0.4, -0.2) is 32.0 Å². The van der Waals surface area contributed by atoms with Gasteiger partial charge in [0.05, 0.1) is 13.7 Å². The van der Waals surface area contributed by atoms with E-state index in [0.717, 1.165) is 24.7 Å². The quantitative estimate of drug-likeness (QED) is 0.769. The molecule has 2 rings (SSSR count). The van der Waals surface area contributed by atoms with Crippen LogP contribution in [0.2, 0.25) is 0 Å². The minimum atomic E-state index is 0.169. The number of rotatable bonds is 8. The number of hydrogen-bond acceptors (Lipinski definition) is 3. The molecule has 0 aliphatic heterocycles. The molecule has 0 saturated heterocycles. The van der Waals surface area contributed by atoms with Gasteiger partial charge < -0.3 is 14.6 Å². The summed E-state index contributed by atoms with van der Waals surface area (Å²) in [5, 5.41) is 9.38. The Kier molecular flexibility index (Phi) is 5.02. The van der Waals surface area contributed by atoms with E-state index in [0.29, 0.717) is 6.61 Å². The van der Waals surface area contributed by atoms with E-state index in [4.69, 9.17) is 9.47 Å². The fourth-order valence-electron chi connectivity index (χ4n) is 1.99. The van der Waals surface area contributed by atoms with Crippen molar-refractivity contribution in [1.29, 1.82) is 0 Å². The molecule has 1 saturated carbocycles. The number of methoxy groups -OCH3 is 1. The highest BCUT2D eigenvalue weighted by atomic mass is 16.5. The lowest BCUT2D eigenvalue weighted by atomic mass is 10.0. The molecule has 3 heteroatoms. The third kappa shape index (κ3) is 4.31. The first kappa shape index (κ1) is 13.4. The number of aliphatic hydroxyl groups is 1. The molecular formula is C15H22O3. The summed E-state index contributed by atoms with van der Waals surface area (Å²) in [5.41, 5.74) is 1.18.